The van der Waals surface area contributed by atoms with Gasteiger partial charge < -0.3 is 5.32 Å². The minimum atomic E-state index is 0.147. The summed E-state index contributed by atoms with van der Waals surface area (Å²) in [5.41, 5.74) is 2.75. The molecule has 0 unspecified atom stereocenters. The molecule has 0 spiro atoms. The minimum absolute atomic E-state index is 0.147. The third-order valence-electron chi connectivity index (χ3n) is 3.17. The first-order chi connectivity index (χ1) is 8.79. The first kappa shape index (κ1) is 15.7. The van der Waals surface area contributed by atoms with Crippen LogP contribution in [0, 0.1) is 5.92 Å². The van der Waals surface area contributed by atoms with Crippen molar-refractivity contribution in [2.45, 2.75) is 52.9 Å². The molecule has 0 saturated heterocycles. The molecule has 106 valence electrons. The Labute approximate surface area is 117 Å². The van der Waals surface area contributed by atoms with E-state index in [9.17, 15) is 4.79 Å². The topological polar surface area (TPSA) is 29.1 Å². The van der Waals surface area contributed by atoms with Crippen molar-refractivity contribution in [3.05, 3.63) is 35.4 Å². The molecular formula is C17H27NO. The monoisotopic (exact) mass is 261 g/mol. The van der Waals surface area contributed by atoms with Gasteiger partial charge in [-0.1, -0.05) is 58.9 Å². The molecule has 0 aromatic heterocycles. The van der Waals surface area contributed by atoms with E-state index in [0.717, 1.165) is 13.0 Å². The summed E-state index contributed by atoms with van der Waals surface area (Å²) in [4.78, 5) is 11.6. The first-order valence-electron chi connectivity index (χ1n) is 7.15. The molecule has 0 fully saturated rings. The summed E-state index contributed by atoms with van der Waals surface area (Å²) in [6.07, 6.45) is 1.38. The number of benzene rings is 1. The fourth-order valence-electron chi connectivity index (χ4n) is 1.84. The van der Waals surface area contributed by atoms with Crippen LogP contribution in [0.2, 0.25) is 0 Å². The molecular weight excluding hydrogens is 234 g/mol. The van der Waals surface area contributed by atoms with Crippen molar-refractivity contribution in [1.29, 1.82) is 0 Å². The van der Waals surface area contributed by atoms with E-state index in [-0.39, 0.29) is 11.3 Å². The highest BCUT2D eigenvalue weighted by molar-refractivity contribution is 5.76. The quantitative estimate of drug-likeness (QED) is 0.860. The molecule has 0 bridgehead atoms. The zero-order chi connectivity index (χ0) is 14.5. The number of hydrogen-bond donors (Lipinski definition) is 1. The van der Waals surface area contributed by atoms with Gasteiger partial charge in [0, 0.05) is 13.0 Å². The van der Waals surface area contributed by atoms with E-state index in [2.05, 4.69) is 64.2 Å². The molecule has 0 radical (unpaired) electrons. The van der Waals surface area contributed by atoms with Crippen molar-refractivity contribution in [2.24, 2.45) is 5.92 Å². The second kappa shape index (κ2) is 6.74. The molecule has 0 aliphatic heterocycles. The Kier molecular flexibility index (Phi) is 5.59. The van der Waals surface area contributed by atoms with Crippen molar-refractivity contribution in [3.8, 4) is 0 Å². The molecule has 1 amide bonds. The Morgan fingerprint density at radius 1 is 1.16 bits per heavy atom. The predicted octanol–water partition coefficient (Wildman–Crippen LogP) is 3.69. The Hall–Kier alpha value is -1.31. The Morgan fingerprint density at radius 3 is 2.21 bits per heavy atom. The second-order valence-corrected chi connectivity index (χ2v) is 6.64. The van der Waals surface area contributed by atoms with Crippen LogP contribution in [0.3, 0.4) is 0 Å². The van der Waals surface area contributed by atoms with Crippen LogP contribution in [0.25, 0.3) is 0 Å². The van der Waals surface area contributed by atoms with Crippen LogP contribution in [0.15, 0.2) is 24.3 Å². The van der Waals surface area contributed by atoms with Gasteiger partial charge in [-0.25, -0.2) is 0 Å². The molecule has 1 N–H and O–H groups in total. The number of carbonyl (C=O) groups is 1. The van der Waals surface area contributed by atoms with Crippen LogP contribution in [-0.4, -0.2) is 12.5 Å². The zero-order valence-electron chi connectivity index (χ0n) is 12.9. The lowest BCUT2D eigenvalue weighted by Gasteiger charge is -2.19. The Bertz CT molecular complexity index is 398. The highest BCUT2D eigenvalue weighted by Crippen LogP contribution is 2.22. The van der Waals surface area contributed by atoms with Gasteiger partial charge in [0.25, 0.3) is 0 Å². The fourth-order valence-corrected chi connectivity index (χ4v) is 1.84. The van der Waals surface area contributed by atoms with Gasteiger partial charge in [-0.3, -0.25) is 4.79 Å². The highest BCUT2D eigenvalue weighted by Gasteiger charge is 2.12. The van der Waals surface area contributed by atoms with Crippen LogP contribution in [0.1, 0.15) is 52.2 Å². The number of amides is 1. The smallest absolute Gasteiger partial charge is 0.220 e. The largest absolute Gasteiger partial charge is 0.356 e. The lowest BCUT2D eigenvalue weighted by atomic mass is 9.86. The third-order valence-corrected chi connectivity index (χ3v) is 3.17. The van der Waals surface area contributed by atoms with E-state index in [1.165, 1.54) is 11.1 Å². The number of aryl methyl sites for hydroxylation is 1. The summed E-state index contributed by atoms with van der Waals surface area (Å²) in [7, 11) is 0. The average Bonchev–Trinajstić information content (AvgIpc) is 2.33. The summed E-state index contributed by atoms with van der Waals surface area (Å²) >= 11 is 0. The lowest BCUT2D eigenvalue weighted by Crippen LogP contribution is -2.27. The van der Waals surface area contributed by atoms with Gasteiger partial charge in [-0.05, 0) is 28.9 Å². The summed E-state index contributed by atoms with van der Waals surface area (Å²) in [5, 5.41) is 2.95. The number of nitrogens with one attached hydrogen (secondary N) is 1. The van der Waals surface area contributed by atoms with Crippen LogP contribution in [-0.2, 0) is 16.6 Å². The zero-order valence-corrected chi connectivity index (χ0v) is 12.9. The molecule has 0 heterocycles. The summed E-state index contributed by atoms with van der Waals surface area (Å²) in [5.74, 6) is 0.656. The van der Waals surface area contributed by atoms with Gasteiger partial charge >= 0.3 is 0 Å². The summed E-state index contributed by atoms with van der Waals surface area (Å²) in [6, 6.07) is 8.61. The molecule has 1 rings (SSSR count). The van der Waals surface area contributed by atoms with Crippen molar-refractivity contribution in [1.82, 2.24) is 5.32 Å². The number of carbonyl (C=O) groups excluding carboxylic acids is 1. The van der Waals surface area contributed by atoms with Gasteiger partial charge in [-0.2, -0.15) is 0 Å². The minimum Gasteiger partial charge on any atom is -0.356 e. The number of rotatable bonds is 5. The highest BCUT2D eigenvalue weighted by atomic mass is 16.1. The van der Waals surface area contributed by atoms with Crippen molar-refractivity contribution >= 4 is 5.91 Å². The van der Waals surface area contributed by atoms with Gasteiger partial charge in [0.05, 0.1) is 0 Å². The molecule has 0 aliphatic carbocycles. The average molecular weight is 261 g/mol. The number of hydrogen-bond acceptors (Lipinski definition) is 1. The SMILES string of the molecule is CC(C)CNC(=O)CCc1ccc(C(C)(C)C)cc1. The summed E-state index contributed by atoms with van der Waals surface area (Å²) < 4.78 is 0. The predicted molar refractivity (Wildman–Crippen MR) is 81.3 cm³/mol. The third kappa shape index (κ3) is 5.91. The lowest BCUT2D eigenvalue weighted by molar-refractivity contribution is -0.121. The molecule has 0 atom stereocenters. The molecule has 0 aliphatic rings. The van der Waals surface area contributed by atoms with Crippen LogP contribution >= 0.6 is 0 Å². The molecule has 1 aromatic carbocycles. The molecule has 2 heteroatoms. The maximum absolute atomic E-state index is 11.6. The van der Waals surface area contributed by atoms with Gasteiger partial charge in [-0.15, -0.1) is 0 Å². The second-order valence-electron chi connectivity index (χ2n) is 6.64. The van der Waals surface area contributed by atoms with E-state index in [0.29, 0.717) is 12.3 Å². The maximum Gasteiger partial charge on any atom is 0.220 e. The molecule has 0 saturated carbocycles. The molecule has 2 nitrogen and oxygen atoms in total. The maximum atomic E-state index is 11.6. The van der Waals surface area contributed by atoms with Crippen LogP contribution in [0.5, 0.6) is 0 Å². The van der Waals surface area contributed by atoms with E-state index in [1.807, 2.05) is 0 Å². The van der Waals surface area contributed by atoms with E-state index in [4.69, 9.17) is 0 Å². The van der Waals surface area contributed by atoms with Crippen molar-refractivity contribution in [3.63, 3.8) is 0 Å². The summed E-state index contributed by atoms with van der Waals surface area (Å²) in [6.45, 7) is 11.6. The first-order valence-corrected chi connectivity index (χ1v) is 7.15. The van der Waals surface area contributed by atoms with Gasteiger partial charge in [0.1, 0.15) is 0 Å². The van der Waals surface area contributed by atoms with Gasteiger partial charge in [0.2, 0.25) is 5.91 Å². The Morgan fingerprint density at radius 2 is 1.74 bits per heavy atom. The molecule has 19 heavy (non-hydrogen) atoms. The standard InChI is InChI=1S/C17H27NO/c1-13(2)12-18-16(19)11-8-14-6-9-15(10-7-14)17(3,4)5/h6-7,9-10,13H,8,11-12H2,1-5H3,(H,18,19). The van der Waals surface area contributed by atoms with E-state index < -0.39 is 0 Å². The Balaban J connectivity index is 2.44. The molecule has 1 aromatic rings. The van der Waals surface area contributed by atoms with Crippen LogP contribution < -0.4 is 5.32 Å². The normalized spacial score (nSPS) is 11.7. The van der Waals surface area contributed by atoms with Gasteiger partial charge in [0.15, 0.2) is 0 Å². The van der Waals surface area contributed by atoms with E-state index >= 15 is 0 Å². The van der Waals surface area contributed by atoms with Crippen molar-refractivity contribution < 1.29 is 4.79 Å². The van der Waals surface area contributed by atoms with Crippen LogP contribution in [0.4, 0.5) is 0 Å². The fraction of sp³-hybridized carbons (Fsp3) is 0.588. The van der Waals surface area contributed by atoms with E-state index in [1.54, 1.807) is 0 Å². The van der Waals surface area contributed by atoms with Crippen molar-refractivity contribution in [2.75, 3.05) is 6.54 Å².